The van der Waals surface area contributed by atoms with Crippen molar-refractivity contribution in [2.45, 2.75) is 149 Å². The van der Waals surface area contributed by atoms with Crippen LogP contribution in [-0.2, 0) is 24.0 Å². The van der Waals surface area contributed by atoms with Gasteiger partial charge in [0.1, 0.15) is 7.11 Å². The van der Waals surface area contributed by atoms with Gasteiger partial charge in [0.15, 0.2) is 0 Å². The summed E-state index contributed by atoms with van der Waals surface area (Å²) in [5.41, 5.74) is 12.3. The number of nitrogens with two attached hydrogens (primary N) is 1. The lowest BCUT2D eigenvalue weighted by atomic mass is 9.90. The van der Waals surface area contributed by atoms with Crippen molar-refractivity contribution in [3.05, 3.63) is 137 Å². The summed E-state index contributed by atoms with van der Waals surface area (Å²) in [7, 11) is 6.53. The molecule has 0 radical (unpaired) electrons. The highest BCUT2D eigenvalue weighted by atomic mass is 35.5. The number of carbonyl (C=O) groups is 6. The minimum Gasteiger partial charge on any atom is -0.411 e. The summed E-state index contributed by atoms with van der Waals surface area (Å²) in [6.07, 6.45) is 10.9. The Morgan fingerprint density at radius 3 is 1.41 bits per heavy atom. The van der Waals surface area contributed by atoms with E-state index in [0.29, 0.717) is 67.0 Å². The molecule has 4 aromatic carbocycles. The maximum Gasteiger partial charge on any atom is 0.253 e. The normalized spacial score (nSPS) is 18.3. The van der Waals surface area contributed by atoms with E-state index in [2.05, 4.69) is 44.2 Å². The standard InChI is InChI=1S/C21H24Cl2N2O2.C19H19Cl3N2O2.C16H29N3O2.C15H27N3O2/c1-13-8-14(2)10-17(9-13)21(26)25(4)12-20(24-27-5)15(3)16-6-7-18(22)19(23)11-16;1-11-6-14(8-15(20)7-11)19(25)24(3)10-18(23-26)12(2)13-4-5-16(21)17(22)9-13;1-3-8-18-10-6-14(7-11-18)19-9-4-5-13(16(19)21)12-15(20)17-2;1-2-7-17-9-5-13(6-10-17)18-8-3-4-12(15(18)20)11-14(16)19/h6-11,15H,12H2,1-5H3;4-9,12,26H,10H2,1-3H3;13-14H,3-12H2,1-2H3,(H,17,20);12-13H,2-11H2,1H3,(H2,16,19)/b24-20-;23-18-;;. The zero-order valence-electron chi connectivity index (χ0n) is 56.8. The first-order chi connectivity index (χ1) is 44.7. The number of benzene rings is 4. The molecule has 0 spiro atoms. The first-order valence-electron chi connectivity index (χ1n) is 32.8. The van der Waals surface area contributed by atoms with Gasteiger partial charge in [0.25, 0.3) is 11.8 Å². The van der Waals surface area contributed by atoms with Gasteiger partial charge in [-0.25, -0.2) is 0 Å². The number of aryl methyl sites for hydroxylation is 3. The van der Waals surface area contributed by atoms with Crippen molar-refractivity contribution in [1.29, 1.82) is 0 Å². The summed E-state index contributed by atoms with van der Waals surface area (Å²) in [4.78, 5) is 90.4. The average molecular weight is 1400 g/mol. The van der Waals surface area contributed by atoms with E-state index in [-0.39, 0.29) is 72.1 Å². The molecular formula is C71H99Cl5N10O8. The molecule has 23 heteroatoms. The Morgan fingerprint density at radius 2 is 1.02 bits per heavy atom. The number of likely N-dealkylation sites (tertiary alicyclic amines) is 4. The van der Waals surface area contributed by atoms with Crippen LogP contribution in [0.5, 0.6) is 0 Å². The Kier molecular flexibility index (Phi) is 32.9. The summed E-state index contributed by atoms with van der Waals surface area (Å²) < 4.78 is 0. The maximum atomic E-state index is 12.8. The van der Waals surface area contributed by atoms with E-state index in [1.54, 1.807) is 62.4 Å². The molecule has 516 valence electrons. The van der Waals surface area contributed by atoms with Crippen LogP contribution < -0.4 is 11.1 Å². The van der Waals surface area contributed by atoms with Crippen molar-refractivity contribution in [1.82, 2.24) is 34.7 Å². The molecule has 4 saturated heterocycles. The second-order valence-corrected chi connectivity index (χ2v) is 27.4. The SMILES string of the molecule is CCCN1CCC(N2CCCC(CC(=O)NC)C2=O)CC1.CCCN1CCC(N2CCCC(CC(N)=O)C2=O)CC1.CO/N=C(/CN(C)C(=O)c1cc(C)cc(C)c1)C(C)c1ccc(Cl)c(Cl)c1.Cc1cc(Cl)cc(C(=O)N(C)C/C(=N/O)C(C)c2ccc(Cl)c(Cl)c2)c1. The van der Waals surface area contributed by atoms with Gasteiger partial charge >= 0.3 is 0 Å². The van der Waals surface area contributed by atoms with Crippen molar-refractivity contribution in [2.75, 3.05) is 93.7 Å². The number of primary amides is 1. The molecule has 4 heterocycles. The molecule has 4 N–H and O–H groups in total. The van der Waals surface area contributed by atoms with Crippen LogP contribution >= 0.6 is 58.0 Å². The topological polar surface area (TPSA) is 214 Å². The van der Waals surface area contributed by atoms with E-state index in [1.807, 2.05) is 75.9 Å². The molecule has 18 nitrogen and oxygen atoms in total. The highest BCUT2D eigenvalue weighted by Crippen LogP contribution is 2.32. The van der Waals surface area contributed by atoms with E-state index in [1.165, 1.54) is 31.4 Å². The second-order valence-electron chi connectivity index (χ2n) is 25.3. The number of hydrogen-bond acceptors (Lipinski definition) is 12. The molecule has 4 atom stereocenters. The molecule has 4 unspecified atom stereocenters. The van der Waals surface area contributed by atoms with Gasteiger partial charge in [-0.1, -0.05) is 125 Å². The van der Waals surface area contributed by atoms with Crippen LogP contribution in [0, 0.1) is 32.6 Å². The zero-order chi connectivity index (χ0) is 69.3. The molecule has 4 aliphatic rings. The predicted molar refractivity (Wildman–Crippen MR) is 380 cm³/mol. The van der Waals surface area contributed by atoms with Gasteiger partial charge in [0, 0.05) is 125 Å². The van der Waals surface area contributed by atoms with Gasteiger partial charge in [-0.05, 0) is 169 Å². The molecule has 4 aromatic rings. The number of nitrogens with one attached hydrogen (secondary N) is 1. The first kappa shape index (κ1) is 78.7. The Labute approximate surface area is 582 Å². The predicted octanol–water partition coefficient (Wildman–Crippen LogP) is 13.4. The lowest BCUT2D eigenvalue weighted by Crippen LogP contribution is -2.52. The van der Waals surface area contributed by atoms with Crippen molar-refractivity contribution in [3.63, 3.8) is 0 Å². The van der Waals surface area contributed by atoms with E-state index in [9.17, 15) is 34.0 Å². The van der Waals surface area contributed by atoms with Gasteiger partial charge in [-0.15, -0.1) is 0 Å². The number of halogens is 5. The second kappa shape index (κ2) is 39.3. The first-order valence-corrected chi connectivity index (χ1v) is 34.7. The highest BCUT2D eigenvalue weighted by molar-refractivity contribution is 6.42. The number of rotatable bonds is 21. The Bertz CT molecular complexity index is 3200. The van der Waals surface area contributed by atoms with Crippen LogP contribution in [0.4, 0.5) is 0 Å². The monoisotopic (exact) mass is 1390 g/mol. The Balaban J connectivity index is 0.000000229. The van der Waals surface area contributed by atoms with Gasteiger partial charge in [-0.3, -0.25) is 28.8 Å². The molecule has 4 fully saturated rings. The van der Waals surface area contributed by atoms with E-state index in [0.717, 1.165) is 131 Å². The fourth-order valence-corrected chi connectivity index (χ4v) is 13.7. The third-order valence-electron chi connectivity index (χ3n) is 17.9. The average Bonchev–Trinajstić information content (AvgIpc) is 0.885. The number of amides is 6. The lowest BCUT2D eigenvalue weighted by molar-refractivity contribution is -0.144. The quantitative estimate of drug-likeness (QED) is 0.0408. The Morgan fingerprint density at radius 1 is 0.606 bits per heavy atom. The van der Waals surface area contributed by atoms with Gasteiger partial charge in [0.05, 0.1) is 44.6 Å². The Hall–Kier alpha value is -5.99. The van der Waals surface area contributed by atoms with Gasteiger partial charge in [-0.2, -0.15) is 0 Å². The molecule has 8 rings (SSSR count). The van der Waals surface area contributed by atoms with Crippen LogP contribution in [0.25, 0.3) is 0 Å². The van der Waals surface area contributed by atoms with Crippen molar-refractivity contribution in [3.8, 4) is 0 Å². The smallest absolute Gasteiger partial charge is 0.253 e. The molecule has 0 aromatic heterocycles. The number of oxime groups is 2. The maximum absolute atomic E-state index is 12.8. The number of carbonyl (C=O) groups excluding carboxylic acids is 6. The summed E-state index contributed by atoms with van der Waals surface area (Å²) in [5.74, 6) is -0.897. The van der Waals surface area contributed by atoms with Crippen LogP contribution in [0.2, 0.25) is 25.1 Å². The fraction of sp³-hybridized carbons (Fsp3) is 0.549. The van der Waals surface area contributed by atoms with Gasteiger partial charge in [0.2, 0.25) is 23.6 Å². The summed E-state index contributed by atoms with van der Waals surface area (Å²) in [5, 5.41) is 22.0. The number of piperidine rings is 4. The minimum atomic E-state index is -0.358. The minimum absolute atomic E-state index is 0.0204. The van der Waals surface area contributed by atoms with Crippen LogP contribution in [0.15, 0.2) is 83.1 Å². The van der Waals surface area contributed by atoms with Crippen molar-refractivity contribution < 1.29 is 38.8 Å². The summed E-state index contributed by atoms with van der Waals surface area (Å²) >= 11 is 30.2. The summed E-state index contributed by atoms with van der Waals surface area (Å²) in [6, 6.07) is 22.4. The largest absolute Gasteiger partial charge is 0.411 e. The fourth-order valence-electron chi connectivity index (χ4n) is 12.8. The molecule has 0 aliphatic carbocycles. The molecule has 0 saturated carbocycles. The number of nitrogens with zero attached hydrogens (tertiary/aromatic N) is 8. The van der Waals surface area contributed by atoms with Gasteiger partial charge < -0.3 is 50.5 Å². The van der Waals surface area contributed by atoms with Crippen LogP contribution in [0.3, 0.4) is 0 Å². The molecular weight excluding hydrogens is 1300 g/mol. The lowest BCUT2D eigenvalue weighted by Gasteiger charge is -2.42. The molecule has 94 heavy (non-hydrogen) atoms. The number of hydrogen-bond donors (Lipinski definition) is 3. The molecule has 4 aliphatic heterocycles. The van der Waals surface area contributed by atoms with Crippen LogP contribution in [0.1, 0.15) is 165 Å². The highest BCUT2D eigenvalue weighted by Gasteiger charge is 2.37. The third-order valence-corrected chi connectivity index (χ3v) is 19.6. The molecule has 6 amide bonds. The third kappa shape index (κ3) is 24.0. The summed E-state index contributed by atoms with van der Waals surface area (Å²) in [6.45, 7) is 23.0. The van der Waals surface area contributed by atoms with Crippen molar-refractivity contribution in [2.24, 2.45) is 27.9 Å². The van der Waals surface area contributed by atoms with E-state index in [4.69, 9.17) is 68.6 Å². The zero-order valence-corrected chi connectivity index (χ0v) is 60.6. The van der Waals surface area contributed by atoms with Crippen molar-refractivity contribution >= 4 is 105 Å². The van der Waals surface area contributed by atoms with E-state index >= 15 is 0 Å². The van der Waals surface area contributed by atoms with Crippen LogP contribution in [-0.4, -0.2) is 187 Å². The van der Waals surface area contributed by atoms with E-state index < -0.39 is 0 Å². The molecule has 0 bridgehead atoms.